The Hall–Kier alpha value is -3.44. The lowest BCUT2D eigenvalue weighted by Crippen LogP contribution is -2.20. The van der Waals surface area contributed by atoms with Gasteiger partial charge >= 0.3 is 0 Å². The van der Waals surface area contributed by atoms with Gasteiger partial charge in [0.05, 0.1) is 0 Å². The lowest BCUT2D eigenvalue weighted by molar-refractivity contribution is -0.122. The topological polar surface area (TPSA) is 67.4 Å². The van der Waals surface area contributed by atoms with Crippen molar-refractivity contribution in [1.29, 1.82) is 0 Å². The molecule has 2 N–H and O–H groups in total. The minimum atomic E-state index is -0.324. The Morgan fingerprint density at radius 1 is 0.750 bits per heavy atom. The largest absolute Gasteiger partial charge is 0.359 e. The summed E-state index contributed by atoms with van der Waals surface area (Å²) >= 11 is 0. The normalized spacial score (nSPS) is 10.5. The third-order valence-electron chi connectivity index (χ3n) is 4.07. The van der Waals surface area contributed by atoms with E-state index in [-0.39, 0.29) is 24.5 Å². The van der Waals surface area contributed by atoms with Crippen LogP contribution in [0.2, 0.25) is 0 Å². The molecule has 2 amide bonds. The summed E-state index contributed by atoms with van der Waals surface area (Å²) < 4.78 is 5.96. The van der Waals surface area contributed by atoms with Gasteiger partial charge in [-0.15, -0.1) is 0 Å². The van der Waals surface area contributed by atoms with Crippen LogP contribution >= 0.6 is 0 Å². The van der Waals surface area contributed by atoms with Crippen molar-refractivity contribution in [3.8, 4) is 0 Å². The van der Waals surface area contributed by atoms with Crippen molar-refractivity contribution in [3.63, 3.8) is 0 Å². The van der Waals surface area contributed by atoms with Crippen LogP contribution in [0.1, 0.15) is 24.2 Å². The van der Waals surface area contributed by atoms with Crippen molar-refractivity contribution in [2.75, 3.05) is 17.2 Å². The molecule has 3 aromatic carbocycles. The molecule has 0 aliphatic heterocycles. The summed E-state index contributed by atoms with van der Waals surface area (Å²) in [7, 11) is 0. The van der Waals surface area contributed by atoms with E-state index in [4.69, 9.17) is 4.74 Å². The van der Waals surface area contributed by atoms with Gasteiger partial charge in [0.2, 0.25) is 11.8 Å². The molecule has 0 bridgehead atoms. The van der Waals surface area contributed by atoms with E-state index in [9.17, 15) is 9.59 Å². The van der Waals surface area contributed by atoms with Gasteiger partial charge in [0.15, 0.2) is 0 Å². The molecule has 0 spiro atoms. The van der Waals surface area contributed by atoms with Crippen molar-refractivity contribution < 1.29 is 14.3 Å². The fourth-order valence-corrected chi connectivity index (χ4v) is 2.84. The zero-order chi connectivity index (χ0) is 19.8. The summed E-state index contributed by atoms with van der Waals surface area (Å²) in [5.41, 5.74) is 3.29. The van der Waals surface area contributed by atoms with E-state index < -0.39 is 0 Å². The smallest absolute Gasteiger partial charge is 0.250 e. The van der Waals surface area contributed by atoms with E-state index >= 15 is 0 Å². The molecule has 5 heteroatoms. The van der Waals surface area contributed by atoms with E-state index in [0.717, 1.165) is 11.1 Å². The highest BCUT2D eigenvalue weighted by Crippen LogP contribution is 2.25. The molecule has 0 heterocycles. The van der Waals surface area contributed by atoms with E-state index in [1.807, 2.05) is 60.7 Å². The molecule has 142 valence electrons. The quantitative estimate of drug-likeness (QED) is 0.644. The van der Waals surface area contributed by atoms with Gasteiger partial charge in [-0.3, -0.25) is 9.59 Å². The van der Waals surface area contributed by atoms with E-state index in [1.165, 1.54) is 6.92 Å². The highest BCUT2D eigenvalue weighted by Gasteiger charge is 2.16. The number of ether oxygens (including phenoxy) is 1. The highest BCUT2D eigenvalue weighted by molar-refractivity contribution is 5.92. The van der Waals surface area contributed by atoms with Crippen LogP contribution in [0.15, 0.2) is 84.9 Å². The van der Waals surface area contributed by atoms with Crippen molar-refractivity contribution in [3.05, 3.63) is 96.1 Å². The van der Waals surface area contributed by atoms with Gasteiger partial charge in [0.25, 0.3) is 0 Å². The van der Waals surface area contributed by atoms with Gasteiger partial charge < -0.3 is 15.4 Å². The van der Waals surface area contributed by atoms with Crippen molar-refractivity contribution in [2.45, 2.75) is 13.0 Å². The third kappa shape index (κ3) is 5.53. The van der Waals surface area contributed by atoms with Gasteiger partial charge in [0, 0.05) is 18.3 Å². The molecule has 0 unspecified atom stereocenters. The number of anilines is 2. The summed E-state index contributed by atoms with van der Waals surface area (Å²) in [6.07, 6.45) is -0.324. The van der Waals surface area contributed by atoms with Crippen LogP contribution in [0.25, 0.3) is 0 Å². The predicted molar refractivity (Wildman–Crippen MR) is 110 cm³/mol. The monoisotopic (exact) mass is 374 g/mol. The Morgan fingerprint density at radius 2 is 1.21 bits per heavy atom. The van der Waals surface area contributed by atoms with Crippen LogP contribution in [-0.4, -0.2) is 18.4 Å². The molecule has 0 radical (unpaired) electrons. The Morgan fingerprint density at radius 3 is 1.68 bits per heavy atom. The molecular weight excluding hydrogens is 352 g/mol. The number of rotatable bonds is 7. The molecule has 0 saturated carbocycles. The Bertz CT molecular complexity index is 870. The van der Waals surface area contributed by atoms with Gasteiger partial charge in [-0.1, -0.05) is 60.7 Å². The molecule has 0 aliphatic carbocycles. The molecule has 5 nitrogen and oxygen atoms in total. The van der Waals surface area contributed by atoms with Crippen LogP contribution in [0.3, 0.4) is 0 Å². The number of carbonyl (C=O) groups is 2. The Labute approximate surface area is 164 Å². The number of carbonyl (C=O) groups excluding carboxylic acids is 2. The number of amides is 2. The highest BCUT2D eigenvalue weighted by atomic mass is 16.5. The molecule has 0 aromatic heterocycles. The maximum Gasteiger partial charge on any atom is 0.250 e. The minimum Gasteiger partial charge on any atom is -0.359 e. The van der Waals surface area contributed by atoms with Gasteiger partial charge in [0.1, 0.15) is 12.7 Å². The summed E-state index contributed by atoms with van der Waals surface area (Å²) in [4.78, 5) is 23.4. The number of hydrogen-bond acceptors (Lipinski definition) is 3. The molecule has 0 fully saturated rings. The van der Waals surface area contributed by atoms with Crippen molar-refractivity contribution in [1.82, 2.24) is 0 Å². The lowest BCUT2D eigenvalue weighted by atomic mass is 10.0. The first-order valence-electron chi connectivity index (χ1n) is 9.01. The first-order chi connectivity index (χ1) is 13.6. The van der Waals surface area contributed by atoms with Crippen LogP contribution in [-0.2, 0) is 14.3 Å². The maximum atomic E-state index is 12.3. The second-order valence-corrected chi connectivity index (χ2v) is 6.32. The first kappa shape index (κ1) is 19.3. The van der Waals surface area contributed by atoms with E-state index in [1.54, 1.807) is 24.3 Å². The Balaban J connectivity index is 1.63. The average molecular weight is 374 g/mol. The summed E-state index contributed by atoms with van der Waals surface area (Å²) in [6, 6.07) is 26.5. The number of nitrogens with one attached hydrogen (secondary N) is 2. The molecule has 28 heavy (non-hydrogen) atoms. The maximum absolute atomic E-state index is 12.3. The van der Waals surface area contributed by atoms with Crippen molar-refractivity contribution in [2.24, 2.45) is 0 Å². The molecule has 0 saturated heterocycles. The summed E-state index contributed by atoms with van der Waals surface area (Å²) in [5, 5.41) is 5.49. The fourth-order valence-electron chi connectivity index (χ4n) is 2.84. The standard InChI is InChI=1S/C23H22N2O3/c1-17(26)24-20-12-14-21(15-13-20)25-22(27)16-28-23(18-8-4-2-5-9-18)19-10-6-3-7-11-19/h2-15,23H,16H2,1H3,(H,24,26)(H,25,27). The lowest BCUT2D eigenvalue weighted by Gasteiger charge is -2.19. The Kier molecular flexibility index (Phi) is 6.54. The number of hydrogen-bond donors (Lipinski definition) is 2. The molecular formula is C23H22N2O3. The summed E-state index contributed by atoms with van der Waals surface area (Å²) in [6.45, 7) is 1.37. The minimum absolute atomic E-state index is 0.0814. The predicted octanol–water partition coefficient (Wildman–Crippen LogP) is 4.39. The molecule has 0 aliphatic rings. The van der Waals surface area contributed by atoms with Crippen LogP contribution in [0.4, 0.5) is 11.4 Å². The van der Waals surface area contributed by atoms with E-state index in [2.05, 4.69) is 10.6 Å². The van der Waals surface area contributed by atoms with Gasteiger partial charge in [-0.25, -0.2) is 0 Å². The zero-order valence-corrected chi connectivity index (χ0v) is 15.6. The first-order valence-corrected chi connectivity index (χ1v) is 9.01. The van der Waals surface area contributed by atoms with Crippen LogP contribution in [0, 0.1) is 0 Å². The van der Waals surface area contributed by atoms with Gasteiger partial charge in [-0.2, -0.15) is 0 Å². The fraction of sp³-hybridized carbons (Fsp3) is 0.130. The molecule has 0 atom stereocenters. The van der Waals surface area contributed by atoms with Crippen LogP contribution in [0.5, 0.6) is 0 Å². The molecule has 3 aromatic rings. The second kappa shape index (κ2) is 9.48. The average Bonchev–Trinajstić information content (AvgIpc) is 2.71. The second-order valence-electron chi connectivity index (χ2n) is 6.32. The SMILES string of the molecule is CC(=O)Nc1ccc(NC(=O)COC(c2ccccc2)c2ccccc2)cc1. The zero-order valence-electron chi connectivity index (χ0n) is 15.6. The van der Waals surface area contributed by atoms with Crippen molar-refractivity contribution >= 4 is 23.2 Å². The molecule has 3 rings (SSSR count). The number of benzene rings is 3. The van der Waals surface area contributed by atoms with Crippen LogP contribution < -0.4 is 10.6 Å². The summed E-state index contributed by atoms with van der Waals surface area (Å²) in [5.74, 6) is -0.387. The van der Waals surface area contributed by atoms with E-state index in [0.29, 0.717) is 11.4 Å². The third-order valence-corrected chi connectivity index (χ3v) is 4.07. The van der Waals surface area contributed by atoms with Gasteiger partial charge in [-0.05, 0) is 35.4 Å².